The van der Waals surface area contributed by atoms with Crippen LogP contribution in [0.4, 0.5) is 9.18 Å². The monoisotopic (exact) mass is 509 g/mol. The predicted molar refractivity (Wildman–Crippen MR) is 117 cm³/mol. The Labute approximate surface area is 193 Å². The second-order valence-corrected chi connectivity index (χ2v) is 9.36. The van der Waals surface area contributed by atoms with Gasteiger partial charge in [0, 0.05) is 54.6 Å². The molecule has 1 spiro atoms. The Bertz CT molecular complexity index is 960. The van der Waals surface area contributed by atoms with E-state index in [1.807, 2.05) is 6.92 Å². The molecule has 1 aliphatic carbocycles. The molecule has 1 atom stereocenters. The molecule has 3 N–H and O–H groups in total. The Balaban J connectivity index is 1.37. The number of ether oxygens (including phenoxy) is 1. The zero-order valence-electron chi connectivity index (χ0n) is 17.6. The molecular weight excluding hydrogens is 485 g/mol. The van der Waals surface area contributed by atoms with Gasteiger partial charge >= 0.3 is 17.9 Å². The Morgan fingerprint density at radius 3 is 2.72 bits per heavy atom. The third kappa shape index (κ3) is 5.09. The highest BCUT2D eigenvalue weighted by Gasteiger charge is 2.46. The molecule has 1 aromatic carbocycles. The summed E-state index contributed by atoms with van der Waals surface area (Å²) in [6.45, 7) is 3.59. The van der Waals surface area contributed by atoms with E-state index in [4.69, 9.17) is 4.74 Å². The molecule has 2 heterocycles. The first kappa shape index (κ1) is 22.7. The number of hydrogen-bond donors (Lipinski definition) is 3. The van der Waals surface area contributed by atoms with Crippen LogP contribution in [0.15, 0.2) is 27.8 Å². The van der Waals surface area contributed by atoms with Gasteiger partial charge in [0.2, 0.25) is 0 Å². The number of nitrogens with zero attached hydrogens (tertiary/aromatic N) is 2. The molecule has 1 aromatic rings. The topological polar surface area (TPSA) is 112 Å². The van der Waals surface area contributed by atoms with Crippen LogP contribution in [-0.4, -0.2) is 65.8 Å². The number of piperidine rings is 1. The molecule has 0 unspecified atom stereocenters. The number of rotatable bonds is 5. The first-order valence-electron chi connectivity index (χ1n) is 10.6. The summed E-state index contributed by atoms with van der Waals surface area (Å²) in [5.41, 5.74) is 2.63. The van der Waals surface area contributed by atoms with Crippen molar-refractivity contribution in [2.75, 3.05) is 19.6 Å². The summed E-state index contributed by atoms with van der Waals surface area (Å²) in [6.07, 6.45) is 2.20. The molecule has 4 rings (SSSR count). The normalized spacial score (nSPS) is 21.2. The largest absolute Gasteiger partial charge is 0.435 e. The first-order valence-corrected chi connectivity index (χ1v) is 11.4. The van der Waals surface area contributed by atoms with Gasteiger partial charge in [0.05, 0.1) is 0 Å². The van der Waals surface area contributed by atoms with E-state index in [2.05, 4.69) is 42.0 Å². The maximum atomic E-state index is 13.6. The molecule has 3 aliphatic rings. The number of benzene rings is 1. The van der Waals surface area contributed by atoms with Gasteiger partial charge in [-0.05, 0) is 38.0 Å². The third-order valence-electron chi connectivity index (χ3n) is 5.86. The van der Waals surface area contributed by atoms with Crippen molar-refractivity contribution in [1.29, 1.82) is 0 Å². The minimum atomic E-state index is -0.921. The number of likely N-dealkylation sites (tertiary alicyclic amines) is 1. The van der Waals surface area contributed by atoms with Gasteiger partial charge in [-0.1, -0.05) is 15.9 Å². The highest BCUT2D eigenvalue weighted by atomic mass is 79.9. The number of halogens is 2. The van der Waals surface area contributed by atoms with E-state index in [1.165, 1.54) is 12.1 Å². The number of hydrogen-bond acceptors (Lipinski definition) is 6. The molecule has 0 radical (unpaired) electrons. The summed E-state index contributed by atoms with van der Waals surface area (Å²) >= 11 is 3.37. The summed E-state index contributed by atoms with van der Waals surface area (Å²) in [7, 11) is 0. The zero-order valence-corrected chi connectivity index (χ0v) is 19.2. The van der Waals surface area contributed by atoms with Gasteiger partial charge in [0.1, 0.15) is 11.5 Å². The van der Waals surface area contributed by atoms with Gasteiger partial charge in [-0.3, -0.25) is 9.59 Å². The molecular formula is C21H25BrFN5O4. The lowest BCUT2D eigenvalue weighted by atomic mass is 9.82. The first-order chi connectivity index (χ1) is 15.3. The van der Waals surface area contributed by atoms with Crippen molar-refractivity contribution in [3.63, 3.8) is 0 Å². The van der Waals surface area contributed by atoms with Crippen molar-refractivity contribution in [3.8, 4) is 0 Å². The lowest BCUT2D eigenvalue weighted by Gasteiger charge is -2.43. The Hall–Kier alpha value is -2.53. The summed E-state index contributed by atoms with van der Waals surface area (Å²) < 4.78 is 19.8. The van der Waals surface area contributed by atoms with E-state index >= 15 is 0 Å². The van der Waals surface area contributed by atoms with E-state index in [1.54, 1.807) is 6.07 Å². The number of amides is 3. The van der Waals surface area contributed by atoms with Crippen LogP contribution in [0.3, 0.4) is 0 Å². The highest BCUT2D eigenvalue weighted by molar-refractivity contribution is 9.10. The zero-order chi connectivity index (χ0) is 22.9. The second kappa shape index (κ2) is 9.14. The van der Waals surface area contributed by atoms with Crippen LogP contribution in [0, 0.1) is 5.82 Å². The summed E-state index contributed by atoms with van der Waals surface area (Å²) in [4.78, 5) is 38.0. The Kier molecular flexibility index (Phi) is 6.47. The fourth-order valence-electron chi connectivity index (χ4n) is 4.08. The predicted octanol–water partition coefficient (Wildman–Crippen LogP) is 1.65. The lowest BCUT2D eigenvalue weighted by molar-refractivity contribution is -0.139. The molecule has 0 bridgehead atoms. The molecule has 2 fully saturated rings. The minimum Gasteiger partial charge on any atom is -0.435 e. The van der Waals surface area contributed by atoms with Gasteiger partial charge in [-0.15, -0.1) is 0 Å². The van der Waals surface area contributed by atoms with Crippen LogP contribution < -0.4 is 16.1 Å². The van der Waals surface area contributed by atoms with Crippen molar-refractivity contribution in [1.82, 2.24) is 21.0 Å². The van der Waals surface area contributed by atoms with Crippen molar-refractivity contribution in [2.24, 2.45) is 5.10 Å². The average molecular weight is 510 g/mol. The average Bonchev–Trinajstić information content (AvgIpc) is 3.55. The van der Waals surface area contributed by atoms with Crippen LogP contribution in [0.2, 0.25) is 0 Å². The number of nitrogens with one attached hydrogen (secondary N) is 3. The van der Waals surface area contributed by atoms with Crippen LogP contribution >= 0.6 is 15.9 Å². The summed E-state index contributed by atoms with van der Waals surface area (Å²) in [6, 6.07) is 4.20. The number of carbonyl (C=O) groups excluding carboxylic acids is 3. The van der Waals surface area contributed by atoms with E-state index < -0.39 is 23.5 Å². The Morgan fingerprint density at radius 1 is 1.34 bits per heavy atom. The standard InChI is InChI=1S/C21H25BrFN5O4/c1-12(24-18(29)19(30)25-14-3-4-14)11-28-8-6-21(7-9-28)17(26-27-20(31)32-21)15-5-2-13(23)10-16(15)22/h2,5,10,12,14H,3-4,6-9,11H2,1H3,(H,24,29)(H,25,30)(H,27,31)/t12-/m0/s1. The number of hydrazone groups is 1. The fraction of sp³-hybridized carbons (Fsp3) is 0.524. The minimum absolute atomic E-state index is 0.131. The highest BCUT2D eigenvalue weighted by Crippen LogP contribution is 2.35. The van der Waals surface area contributed by atoms with Crippen molar-refractivity contribution >= 4 is 39.5 Å². The van der Waals surface area contributed by atoms with E-state index in [9.17, 15) is 18.8 Å². The van der Waals surface area contributed by atoms with E-state index in [0.29, 0.717) is 48.2 Å². The van der Waals surface area contributed by atoms with E-state index in [-0.39, 0.29) is 17.9 Å². The smallest absolute Gasteiger partial charge is 0.428 e. The molecule has 11 heteroatoms. The lowest BCUT2D eigenvalue weighted by Crippen LogP contribution is -2.57. The number of carbonyl (C=O) groups is 3. The summed E-state index contributed by atoms with van der Waals surface area (Å²) in [5, 5.41) is 9.65. The molecule has 9 nitrogen and oxygen atoms in total. The quantitative estimate of drug-likeness (QED) is 0.522. The SMILES string of the molecule is C[C@@H](CN1CCC2(CC1)OC(=O)NN=C2c1ccc(F)cc1Br)NC(=O)C(=O)NC1CC1. The molecule has 2 aliphatic heterocycles. The molecule has 1 saturated heterocycles. The van der Waals surface area contributed by atoms with Gasteiger partial charge in [0.15, 0.2) is 5.60 Å². The van der Waals surface area contributed by atoms with Gasteiger partial charge in [0.25, 0.3) is 0 Å². The molecule has 3 amide bonds. The van der Waals surface area contributed by atoms with E-state index in [0.717, 1.165) is 12.8 Å². The maximum absolute atomic E-state index is 13.6. The van der Waals surface area contributed by atoms with Gasteiger partial charge in [-0.2, -0.15) is 5.10 Å². The van der Waals surface area contributed by atoms with Crippen LogP contribution in [0.1, 0.15) is 38.2 Å². The molecule has 32 heavy (non-hydrogen) atoms. The Morgan fingerprint density at radius 2 is 2.06 bits per heavy atom. The molecule has 172 valence electrons. The van der Waals surface area contributed by atoms with Crippen molar-refractivity contribution < 1.29 is 23.5 Å². The van der Waals surface area contributed by atoms with Crippen LogP contribution in [0.25, 0.3) is 0 Å². The third-order valence-corrected chi connectivity index (χ3v) is 6.51. The fourth-order valence-corrected chi connectivity index (χ4v) is 4.61. The van der Waals surface area contributed by atoms with Gasteiger partial charge < -0.3 is 20.3 Å². The molecule has 0 aromatic heterocycles. The van der Waals surface area contributed by atoms with Crippen molar-refractivity contribution in [3.05, 3.63) is 34.1 Å². The van der Waals surface area contributed by atoms with Crippen molar-refractivity contribution in [2.45, 2.75) is 50.3 Å². The van der Waals surface area contributed by atoms with Gasteiger partial charge in [-0.25, -0.2) is 14.6 Å². The maximum Gasteiger partial charge on any atom is 0.428 e. The second-order valence-electron chi connectivity index (χ2n) is 8.50. The van der Waals surface area contributed by atoms with Crippen LogP contribution in [-0.2, 0) is 14.3 Å². The summed E-state index contributed by atoms with van der Waals surface area (Å²) in [5.74, 6) is -1.60. The van der Waals surface area contributed by atoms with Crippen LogP contribution in [0.5, 0.6) is 0 Å². The molecule has 1 saturated carbocycles.